The SMILES string of the molecule is CNCC(CC1CC2CCC1C2)c1ccccc1Br. The number of likely N-dealkylation sites (N-methyl/N-ethyl adjacent to an activating group) is 1. The van der Waals surface area contributed by atoms with Crippen molar-refractivity contribution < 1.29 is 0 Å². The average molecular weight is 322 g/mol. The Bertz CT molecular complexity index is 431. The van der Waals surface area contributed by atoms with Crippen LogP contribution in [0, 0.1) is 17.8 Å². The summed E-state index contributed by atoms with van der Waals surface area (Å²) < 4.78 is 1.28. The third-order valence-electron chi connectivity index (χ3n) is 5.27. The van der Waals surface area contributed by atoms with Gasteiger partial charge < -0.3 is 5.32 Å². The second-order valence-electron chi connectivity index (χ2n) is 6.45. The van der Waals surface area contributed by atoms with Gasteiger partial charge in [0.1, 0.15) is 0 Å². The number of halogens is 1. The summed E-state index contributed by atoms with van der Waals surface area (Å²) in [5, 5.41) is 3.39. The number of fused-ring (bicyclic) bond motifs is 2. The van der Waals surface area contributed by atoms with E-state index in [0.717, 1.165) is 24.3 Å². The molecule has 2 aliphatic rings. The highest BCUT2D eigenvalue weighted by Crippen LogP contribution is 2.51. The first-order valence-corrected chi connectivity index (χ1v) is 8.46. The van der Waals surface area contributed by atoms with Crippen molar-refractivity contribution in [1.29, 1.82) is 0 Å². The highest BCUT2D eigenvalue weighted by atomic mass is 79.9. The van der Waals surface area contributed by atoms with Gasteiger partial charge in [-0.1, -0.05) is 40.5 Å². The summed E-state index contributed by atoms with van der Waals surface area (Å²) >= 11 is 3.73. The van der Waals surface area contributed by atoms with Crippen molar-refractivity contribution in [2.75, 3.05) is 13.6 Å². The lowest BCUT2D eigenvalue weighted by Crippen LogP contribution is -2.22. The molecule has 0 saturated heterocycles. The van der Waals surface area contributed by atoms with Crippen molar-refractivity contribution in [1.82, 2.24) is 5.32 Å². The molecule has 0 amide bonds. The number of hydrogen-bond donors (Lipinski definition) is 1. The lowest BCUT2D eigenvalue weighted by molar-refractivity contribution is 0.292. The van der Waals surface area contributed by atoms with E-state index in [9.17, 15) is 0 Å². The quantitative estimate of drug-likeness (QED) is 0.837. The molecule has 0 heterocycles. The molecule has 2 heteroatoms. The molecule has 4 unspecified atom stereocenters. The Morgan fingerprint density at radius 2 is 2.11 bits per heavy atom. The summed E-state index contributed by atoms with van der Waals surface area (Å²) in [6.45, 7) is 1.09. The van der Waals surface area contributed by atoms with Crippen LogP contribution in [0.25, 0.3) is 0 Å². The molecule has 2 saturated carbocycles. The van der Waals surface area contributed by atoms with E-state index in [1.807, 2.05) is 0 Å². The van der Waals surface area contributed by atoms with Crippen LogP contribution in [0.15, 0.2) is 28.7 Å². The third kappa shape index (κ3) is 2.90. The van der Waals surface area contributed by atoms with Gasteiger partial charge in [-0.3, -0.25) is 0 Å². The van der Waals surface area contributed by atoms with Gasteiger partial charge in [0.2, 0.25) is 0 Å². The first-order chi connectivity index (χ1) is 9.28. The fraction of sp³-hybridized carbons (Fsp3) is 0.647. The molecular weight excluding hydrogens is 298 g/mol. The maximum Gasteiger partial charge on any atom is 0.0210 e. The van der Waals surface area contributed by atoms with Gasteiger partial charge in [0.05, 0.1) is 0 Å². The van der Waals surface area contributed by atoms with E-state index in [4.69, 9.17) is 0 Å². The predicted molar refractivity (Wildman–Crippen MR) is 84.4 cm³/mol. The van der Waals surface area contributed by atoms with E-state index < -0.39 is 0 Å². The lowest BCUT2D eigenvalue weighted by Gasteiger charge is -2.27. The van der Waals surface area contributed by atoms with Crippen LogP contribution in [0.1, 0.15) is 43.6 Å². The van der Waals surface area contributed by atoms with Gasteiger partial charge in [-0.15, -0.1) is 0 Å². The minimum absolute atomic E-state index is 0.657. The number of benzene rings is 1. The van der Waals surface area contributed by atoms with Crippen LogP contribution in [-0.2, 0) is 0 Å². The molecule has 104 valence electrons. The minimum Gasteiger partial charge on any atom is -0.319 e. The predicted octanol–water partition coefficient (Wildman–Crippen LogP) is 4.58. The van der Waals surface area contributed by atoms with E-state index >= 15 is 0 Å². The summed E-state index contributed by atoms with van der Waals surface area (Å²) in [7, 11) is 2.07. The molecule has 2 bridgehead atoms. The van der Waals surface area contributed by atoms with Crippen LogP contribution in [0.3, 0.4) is 0 Å². The molecule has 1 nitrogen and oxygen atoms in total. The summed E-state index contributed by atoms with van der Waals surface area (Å²) in [5.41, 5.74) is 1.49. The number of hydrogen-bond acceptors (Lipinski definition) is 1. The molecule has 1 N–H and O–H groups in total. The van der Waals surface area contributed by atoms with Crippen molar-refractivity contribution in [3.05, 3.63) is 34.3 Å². The molecule has 0 aromatic heterocycles. The standard InChI is InChI=1S/C17H24BrN/c1-19-11-15(16-4-2-3-5-17(16)18)10-14-9-12-6-7-13(14)8-12/h2-5,12-15,19H,6-11H2,1H3. The van der Waals surface area contributed by atoms with Crippen molar-refractivity contribution >= 4 is 15.9 Å². The van der Waals surface area contributed by atoms with Gasteiger partial charge in [-0.2, -0.15) is 0 Å². The first kappa shape index (κ1) is 13.6. The van der Waals surface area contributed by atoms with Crippen LogP contribution >= 0.6 is 15.9 Å². The zero-order chi connectivity index (χ0) is 13.2. The fourth-order valence-corrected chi connectivity index (χ4v) is 5.01. The Balaban J connectivity index is 1.73. The maximum atomic E-state index is 3.73. The van der Waals surface area contributed by atoms with Gasteiger partial charge in [-0.25, -0.2) is 0 Å². The lowest BCUT2D eigenvalue weighted by atomic mass is 9.80. The highest BCUT2D eigenvalue weighted by Gasteiger charge is 2.40. The summed E-state index contributed by atoms with van der Waals surface area (Å²) in [4.78, 5) is 0. The molecule has 0 radical (unpaired) electrons. The molecule has 2 fully saturated rings. The molecule has 1 aromatic carbocycles. The van der Waals surface area contributed by atoms with Gasteiger partial charge in [0.25, 0.3) is 0 Å². The summed E-state index contributed by atoms with van der Waals surface area (Å²) in [5.74, 6) is 3.73. The van der Waals surface area contributed by atoms with Gasteiger partial charge in [0, 0.05) is 11.0 Å². The first-order valence-electron chi connectivity index (χ1n) is 7.67. The summed E-state index contributed by atoms with van der Waals surface area (Å²) in [6.07, 6.45) is 7.39. The zero-order valence-corrected chi connectivity index (χ0v) is 13.3. The Kier molecular flexibility index (Phi) is 4.28. The maximum absolute atomic E-state index is 3.73. The van der Waals surface area contributed by atoms with Crippen molar-refractivity contribution in [2.24, 2.45) is 17.8 Å². The largest absolute Gasteiger partial charge is 0.319 e. The third-order valence-corrected chi connectivity index (χ3v) is 5.99. The van der Waals surface area contributed by atoms with E-state index in [2.05, 4.69) is 52.6 Å². The van der Waals surface area contributed by atoms with Crippen molar-refractivity contribution in [2.45, 2.75) is 38.0 Å². The molecule has 3 rings (SSSR count). The van der Waals surface area contributed by atoms with Crippen LogP contribution in [0.2, 0.25) is 0 Å². The average Bonchev–Trinajstić information content (AvgIpc) is 3.01. The summed E-state index contributed by atoms with van der Waals surface area (Å²) in [6, 6.07) is 8.75. The van der Waals surface area contributed by atoms with Crippen LogP contribution < -0.4 is 5.32 Å². The van der Waals surface area contributed by atoms with E-state index in [1.165, 1.54) is 42.1 Å². The molecular formula is C17H24BrN. The normalized spacial score (nSPS) is 30.7. The second kappa shape index (κ2) is 5.97. The Labute approximate surface area is 125 Å². The van der Waals surface area contributed by atoms with Crippen LogP contribution in [0.4, 0.5) is 0 Å². The van der Waals surface area contributed by atoms with Gasteiger partial charge in [-0.05, 0) is 68.0 Å². The highest BCUT2D eigenvalue weighted by molar-refractivity contribution is 9.10. The van der Waals surface area contributed by atoms with Crippen LogP contribution in [0.5, 0.6) is 0 Å². The number of nitrogens with one attached hydrogen (secondary N) is 1. The molecule has 4 atom stereocenters. The zero-order valence-electron chi connectivity index (χ0n) is 11.7. The van der Waals surface area contributed by atoms with Crippen molar-refractivity contribution in [3.8, 4) is 0 Å². The Morgan fingerprint density at radius 3 is 2.74 bits per heavy atom. The van der Waals surface area contributed by atoms with E-state index in [-0.39, 0.29) is 0 Å². The van der Waals surface area contributed by atoms with E-state index in [0.29, 0.717) is 5.92 Å². The Morgan fingerprint density at radius 1 is 1.26 bits per heavy atom. The monoisotopic (exact) mass is 321 g/mol. The second-order valence-corrected chi connectivity index (χ2v) is 7.30. The minimum atomic E-state index is 0.657. The van der Waals surface area contributed by atoms with Crippen molar-refractivity contribution in [3.63, 3.8) is 0 Å². The molecule has 19 heavy (non-hydrogen) atoms. The fourth-order valence-electron chi connectivity index (χ4n) is 4.40. The smallest absolute Gasteiger partial charge is 0.0210 e. The topological polar surface area (TPSA) is 12.0 Å². The molecule has 0 aliphatic heterocycles. The van der Waals surface area contributed by atoms with Gasteiger partial charge >= 0.3 is 0 Å². The Hall–Kier alpha value is -0.340. The molecule has 0 spiro atoms. The van der Waals surface area contributed by atoms with Crippen LogP contribution in [-0.4, -0.2) is 13.6 Å². The van der Waals surface area contributed by atoms with Gasteiger partial charge in [0.15, 0.2) is 0 Å². The molecule has 2 aliphatic carbocycles. The van der Waals surface area contributed by atoms with E-state index in [1.54, 1.807) is 0 Å². The molecule has 1 aromatic rings. The number of rotatable bonds is 5.